The maximum Gasteiger partial charge on any atom is 0.279 e. The molecule has 5 nitrogen and oxygen atoms in total. The summed E-state index contributed by atoms with van der Waals surface area (Å²) in [7, 11) is -3.28. The van der Waals surface area contributed by atoms with E-state index in [1.165, 1.54) is 4.31 Å². The maximum absolute atomic E-state index is 11.8. The van der Waals surface area contributed by atoms with Crippen molar-refractivity contribution in [2.24, 2.45) is 5.73 Å². The summed E-state index contributed by atoms with van der Waals surface area (Å²) in [6, 6.07) is 0.186. The van der Waals surface area contributed by atoms with Crippen LogP contribution in [0, 0.1) is 0 Å². The summed E-state index contributed by atoms with van der Waals surface area (Å²) in [5, 5.41) is 0. The molecule has 82 valence electrons. The molecule has 0 bridgehead atoms. The van der Waals surface area contributed by atoms with Crippen molar-refractivity contribution in [3.8, 4) is 0 Å². The molecule has 1 heterocycles. The van der Waals surface area contributed by atoms with Crippen LogP contribution in [0.15, 0.2) is 0 Å². The van der Waals surface area contributed by atoms with Crippen LogP contribution in [-0.4, -0.2) is 37.4 Å². The molecule has 14 heavy (non-hydrogen) atoms. The minimum Gasteiger partial charge on any atom is -0.326 e. The highest BCUT2D eigenvalue weighted by molar-refractivity contribution is 7.87. The van der Waals surface area contributed by atoms with E-state index in [4.69, 9.17) is 5.73 Å². The van der Waals surface area contributed by atoms with Crippen LogP contribution in [0.25, 0.3) is 0 Å². The Morgan fingerprint density at radius 1 is 1.43 bits per heavy atom. The van der Waals surface area contributed by atoms with E-state index in [1.54, 1.807) is 0 Å². The molecule has 0 aromatic rings. The second kappa shape index (κ2) is 3.44. The maximum atomic E-state index is 11.8. The smallest absolute Gasteiger partial charge is 0.279 e. The van der Waals surface area contributed by atoms with Gasteiger partial charge in [-0.3, -0.25) is 0 Å². The van der Waals surface area contributed by atoms with Gasteiger partial charge in [0.25, 0.3) is 10.2 Å². The summed E-state index contributed by atoms with van der Waals surface area (Å²) in [6.45, 7) is 2.35. The predicted octanol–water partition coefficient (Wildman–Crippen LogP) is -0.595. The first kappa shape index (κ1) is 10.4. The van der Waals surface area contributed by atoms with Crippen LogP contribution in [-0.2, 0) is 10.2 Å². The monoisotopic (exact) mass is 219 g/mol. The van der Waals surface area contributed by atoms with E-state index in [2.05, 4.69) is 4.72 Å². The summed E-state index contributed by atoms with van der Waals surface area (Å²) in [5.74, 6) is 0. The van der Waals surface area contributed by atoms with Gasteiger partial charge in [-0.15, -0.1) is 0 Å². The topological polar surface area (TPSA) is 75.4 Å². The van der Waals surface area contributed by atoms with Gasteiger partial charge in [-0.1, -0.05) is 0 Å². The molecule has 0 spiro atoms. The fraction of sp³-hybridized carbons (Fsp3) is 1.00. The molecule has 1 saturated carbocycles. The van der Waals surface area contributed by atoms with Gasteiger partial charge in [0.15, 0.2) is 0 Å². The lowest BCUT2D eigenvalue weighted by Gasteiger charge is -2.20. The lowest BCUT2D eigenvalue weighted by atomic mass is 10.2. The Balaban J connectivity index is 2.05. The van der Waals surface area contributed by atoms with Crippen molar-refractivity contribution < 1.29 is 8.42 Å². The Morgan fingerprint density at radius 2 is 2.07 bits per heavy atom. The van der Waals surface area contributed by atoms with Crippen LogP contribution in [0.3, 0.4) is 0 Å². The van der Waals surface area contributed by atoms with Gasteiger partial charge in [-0.05, 0) is 26.2 Å². The highest BCUT2D eigenvalue weighted by Crippen LogP contribution is 2.24. The van der Waals surface area contributed by atoms with Crippen molar-refractivity contribution in [2.75, 3.05) is 6.54 Å². The third-order valence-corrected chi connectivity index (χ3v) is 4.51. The van der Waals surface area contributed by atoms with Crippen LogP contribution in [0.5, 0.6) is 0 Å². The summed E-state index contributed by atoms with van der Waals surface area (Å²) in [6.07, 6.45) is 2.69. The average molecular weight is 219 g/mol. The molecule has 0 aromatic heterocycles. The zero-order valence-electron chi connectivity index (χ0n) is 8.31. The number of nitrogens with zero attached hydrogens (tertiary/aromatic N) is 1. The molecule has 1 aliphatic carbocycles. The first-order valence-electron chi connectivity index (χ1n) is 5.04. The molecule has 1 aliphatic heterocycles. The molecular weight excluding hydrogens is 202 g/mol. The number of rotatable bonds is 3. The first-order valence-corrected chi connectivity index (χ1v) is 6.48. The molecule has 0 amide bonds. The predicted molar refractivity (Wildman–Crippen MR) is 53.8 cm³/mol. The lowest BCUT2D eigenvalue weighted by Crippen LogP contribution is -2.44. The van der Waals surface area contributed by atoms with Gasteiger partial charge in [0.2, 0.25) is 0 Å². The average Bonchev–Trinajstić information content (AvgIpc) is 2.76. The highest BCUT2D eigenvalue weighted by atomic mass is 32.2. The van der Waals surface area contributed by atoms with Crippen molar-refractivity contribution in [2.45, 2.75) is 44.3 Å². The molecular formula is C8H17N3O2S. The van der Waals surface area contributed by atoms with Gasteiger partial charge in [-0.2, -0.15) is 17.4 Å². The van der Waals surface area contributed by atoms with Crippen LogP contribution < -0.4 is 10.5 Å². The molecule has 1 saturated heterocycles. The summed E-state index contributed by atoms with van der Waals surface area (Å²) >= 11 is 0. The van der Waals surface area contributed by atoms with E-state index >= 15 is 0 Å². The second-order valence-corrected chi connectivity index (χ2v) is 5.97. The van der Waals surface area contributed by atoms with Gasteiger partial charge >= 0.3 is 0 Å². The molecule has 3 N–H and O–H groups in total. The van der Waals surface area contributed by atoms with Crippen LogP contribution in [0.1, 0.15) is 26.2 Å². The number of nitrogens with two attached hydrogens (primary N) is 1. The Hall–Kier alpha value is -0.170. The van der Waals surface area contributed by atoms with Gasteiger partial charge in [0, 0.05) is 24.7 Å². The minimum absolute atomic E-state index is 0.0132. The van der Waals surface area contributed by atoms with E-state index < -0.39 is 10.2 Å². The van der Waals surface area contributed by atoms with Crippen LogP contribution >= 0.6 is 0 Å². The summed E-state index contributed by atoms with van der Waals surface area (Å²) < 4.78 is 27.7. The Labute approximate surface area is 84.8 Å². The molecule has 0 radical (unpaired) electrons. The van der Waals surface area contributed by atoms with Crippen LogP contribution in [0.4, 0.5) is 0 Å². The quantitative estimate of drug-likeness (QED) is 0.666. The van der Waals surface area contributed by atoms with Crippen molar-refractivity contribution in [1.82, 2.24) is 9.03 Å². The molecule has 6 heteroatoms. The number of hydrogen-bond donors (Lipinski definition) is 2. The summed E-state index contributed by atoms with van der Waals surface area (Å²) in [4.78, 5) is 0. The van der Waals surface area contributed by atoms with Crippen molar-refractivity contribution in [3.63, 3.8) is 0 Å². The molecule has 2 unspecified atom stereocenters. The van der Waals surface area contributed by atoms with Gasteiger partial charge < -0.3 is 5.73 Å². The van der Waals surface area contributed by atoms with Crippen molar-refractivity contribution in [1.29, 1.82) is 0 Å². The zero-order valence-corrected chi connectivity index (χ0v) is 9.13. The molecule has 2 fully saturated rings. The molecule has 2 rings (SSSR count). The molecule has 0 aromatic carbocycles. The molecule has 2 atom stereocenters. The van der Waals surface area contributed by atoms with Gasteiger partial charge in [-0.25, -0.2) is 0 Å². The minimum atomic E-state index is -3.28. The molecule has 2 aliphatic rings. The zero-order chi connectivity index (χ0) is 10.3. The van der Waals surface area contributed by atoms with E-state index in [-0.39, 0.29) is 18.1 Å². The largest absolute Gasteiger partial charge is 0.326 e. The Kier molecular flexibility index (Phi) is 2.55. The first-order chi connectivity index (χ1) is 6.49. The summed E-state index contributed by atoms with van der Waals surface area (Å²) in [5.41, 5.74) is 5.72. The normalized spacial score (nSPS) is 35.0. The van der Waals surface area contributed by atoms with Crippen LogP contribution in [0.2, 0.25) is 0 Å². The Bertz CT molecular complexity index is 313. The lowest BCUT2D eigenvalue weighted by molar-refractivity contribution is 0.399. The van der Waals surface area contributed by atoms with Crippen molar-refractivity contribution in [3.05, 3.63) is 0 Å². The fourth-order valence-corrected chi connectivity index (χ4v) is 3.60. The van der Waals surface area contributed by atoms with E-state index in [0.29, 0.717) is 6.54 Å². The third-order valence-electron chi connectivity index (χ3n) is 2.75. The van der Waals surface area contributed by atoms with Crippen molar-refractivity contribution >= 4 is 10.2 Å². The Morgan fingerprint density at radius 3 is 2.50 bits per heavy atom. The fourth-order valence-electron chi connectivity index (χ4n) is 1.86. The van der Waals surface area contributed by atoms with Gasteiger partial charge in [0.1, 0.15) is 0 Å². The van der Waals surface area contributed by atoms with E-state index in [0.717, 1.165) is 19.3 Å². The third kappa shape index (κ3) is 2.08. The standard InChI is InChI=1S/C8H17N3O2S/c1-6-4-7(9)5-11(6)14(12,13)10-8-2-3-8/h6-8,10H,2-5,9H2,1H3. The van der Waals surface area contributed by atoms with Gasteiger partial charge in [0.05, 0.1) is 0 Å². The SMILES string of the molecule is CC1CC(N)CN1S(=O)(=O)NC1CC1. The van der Waals surface area contributed by atoms with E-state index in [1.807, 2.05) is 6.92 Å². The second-order valence-electron chi connectivity index (χ2n) is 4.31. The number of hydrogen-bond acceptors (Lipinski definition) is 3. The highest BCUT2D eigenvalue weighted by Gasteiger charge is 2.38. The van der Waals surface area contributed by atoms with E-state index in [9.17, 15) is 8.42 Å². The number of nitrogens with one attached hydrogen (secondary N) is 1.